The molecule has 0 bridgehead atoms. The Morgan fingerprint density at radius 3 is 2.46 bits per heavy atom. The van der Waals surface area contributed by atoms with Crippen molar-refractivity contribution in [3.05, 3.63) is 84.3 Å². The lowest BCUT2D eigenvalue weighted by Crippen LogP contribution is -2.35. The predicted octanol–water partition coefficient (Wildman–Crippen LogP) is 5.80. The average Bonchev–Trinajstić information content (AvgIpc) is 3.71. The SMILES string of the molecule is COc1cc2nccc(Oc3ccc(NC(=S)NC(=O)C4C[C@@H]4c4ccccc4)cc3F)c2cc1OC. The van der Waals surface area contributed by atoms with Crippen molar-refractivity contribution in [1.82, 2.24) is 10.3 Å². The van der Waals surface area contributed by atoms with Crippen LogP contribution in [0.25, 0.3) is 10.9 Å². The Bertz CT molecular complexity index is 1480. The van der Waals surface area contributed by atoms with Crippen molar-refractivity contribution in [1.29, 1.82) is 0 Å². The summed E-state index contributed by atoms with van der Waals surface area (Å²) in [6.07, 6.45) is 2.35. The molecule has 1 amide bonds. The molecule has 3 aromatic carbocycles. The molecule has 2 N–H and O–H groups in total. The molecule has 1 aliphatic carbocycles. The molecule has 2 atom stereocenters. The summed E-state index contributed by atoms with van der Waals surface area (Å²) in [6.45, 7) is 0. The second-order valence-corrected chi connectivity index (χ2v) is 8.99. The molecule has 5 rings (SSSR count). The summed E-state index contributed by atoms with van der Waals surface area (Å²) < 4.78 is 31.5. The van der Waals surface area contributed by atoms with E-state index in [2.05, 4.69) is 15.6 Å². The Kier molecular flexibility index (Phi) is 6.87. The minimum absolute atomic E-state index is 0.0199. The van der Waals surface area contributed by atoms with Gasteiger partial charge in [-0.25, -0.2) is 4.39 Å². The number of nitrogens with zero attached hydrogens (tertiary/aromatic N) is 1. The second-order valence-electron chi connectivity index (χ2n) is 8.58. The number of ether oxygens (including phenoxy) is 3. The van der Waals surface area contributed by atoms with Gasteiger partial charge in [0.15, 0.2) is 28.2 Å². The van der Waals surface area contributed by atoms with E-state index in [9.17, 15) is 9.18 Å². The number of halogens is 1. The number of hydrogen-bond acceptors (Lipinski definition) is 6. The van der Waals surface area contributed by atoms with Crippen LogP contribution in [0.2, 0.25) is 0 Å². The van der Waals surface area contributed by atoms with Gasteiger partial charge in [0.25, 0.3) is 0 Å². The van der Waals surface area contributed by atoms with Gasteiger partial charge < -0.3 is 24.8 Å². The zero-order chi connectivity index (χ0) is 25.9. The van der Waals surface area contributed by atoms with E-state index in [1.165, 1.54) is 19.2 Å². The van der Waals surface area contributed by atoms with E-state index in [0.29, 0.717) is 33.8 Å². The zero-order valence-corrected chi connectivity index (χ0v) is 21.0. The van der Waals surface area contributed by atoms with E-state index in [-0.39, 0.29) is 28.6 Å². The van der Waals surface area contributed by atoms with Crippen LogP contribution in [0, 0.1) is 11.7 Å². The number of hydrogen-bond donors (Lipinski definition) is 2. The lowest BCUT2D eigenvalue weighted by Gasteiger charge is -2.14. The summed E-state index contributed by atoms with van der Waals surface area (Å²) in [6, 6.07) is 19.4. The number of benzene rings is 3. The molecule has 1 saturated carbocycles. The molecule has 1 aliphatic rings. The molecule has 0 aliphatic heterocycles. The van der Waals surface area contributed by atoms with Crippen molar-refractivity contribution in [2.24, 2.45) is 5.92 Å². The average molecular weight is 518 g/mol. The molecule has 4 aromatic rings. The fourth-order valence-corrected chi connectivity index (χ4v) is 4.46. The zero-order valence-electron chi connectivity index (χ0n) is 20.2. The van der Waals surface area contributed by atoms with Gasteiger partial charge in [0, 0.05) is 35.3 Å². The van der Waals surface area contributed by atoms with Crippen molar-refractivity contribution >= 4 is 39.8 Å². The van der Waals surface area contributed by atoms with Crippen LogP contribution in [0.15, 0.2) is 72.9 Å². The highest BCUT2D eigenvalue weighted by molar-refractivity contribution is 7.80. The Labute approximate surface area is 218 Å². The normalized spacial score (nSPS) is 16.1. The fraction of sp³-hybridized carbons (Fsp3) is 0.179. The van der Waals surface area contributed by atoms with Crippen molar-refractivity contribution in [2.45, 2.75) is 12.3 Å². The van der Waals surface area contributed by atoms with Gasteiger partial charge >= 0.3 is 0 Å². The van der Waals surface area contributed by atoms with Crippen LogP contribution in [0.5, 0.6) is 23.0 Å². The third-order valence-corrected chi connectivity index (χ3v) is 6.41. The smallest absolute Gasteiger partial charge is 0.229 e. The number of nitrogens with one attached hydrogen (secondary N) is 2. The van der Waals surface area contributed by atoms with Gasteiger partial charge in [0.1, 0.15) is 5.75 Å². The van der Waals surface area contributed by atoms with E-state index in [1.807, 2.05) is 30.3 Å². The highest BCUT2D eigenvalue weighted by atomic mass is 32.1. The molecule has 37 heavy (non-hydrogen) atoms. The first-order valence-electron chi connectivity index (χ1n) is 11.6. The van der Waals surface area contributed by atoms with Crippen molar-refractivity contribution in [3.8, 4) is 23.0 Å². The molecule has 188 valence electrons. The maximum Gasteiger partial charge on any atom is 0.229 e. The second kappa shape index (κ2) is 10.4. The number of thiocarbonyl (C=S) groups is 1. The van der Waals surface area contributed by atoms with Crippen LogP contribution >= 0.6 is 12.2 Å². The van der Waals surface area contributed by atoms with E-state index >= 15 is 0 Å². The summed E-state index contributed by atoms with van der Waals surface area (Å²) in [5.74, 6) is 0.787. The third-order valence-electron chi connectivity index (χ3n) is 6.21. The number of pyridine rings is 1. The summed E-state index contributed by atoms with van der Waals surface area (Å²) in [4.78, 5) is 16.9. The topological polar surface area (TPSA) is 81.7 Å². The summed E-state index contributed by atoms with van der Waals surface area (Å²) in [7, 11) is 3.07. The molecular formula is C28H24FN3O4S. The standard InChI is InChI=1S/C28H24FN3O4S/c1-34-25-14-20-22(15-26(25)35-2)30-11-10-23(20)36-24-9-8-17(12-21(24)29)31-28(37)32-27(33)19-13-18(19)16-6-4-3-5-7-16/h3-12,14-15,18-19H,13H2,1-2H3,(H2,31,32,33,37)/t18-,19?/m1/s1. The van der Waals surface area contributed by atoms with Crippen molar-refractivity contribution < 1.29 is 23.4 Å². The molecular weight excluding hydrogens is 493 g/mol. The molecule has 0 spiro atoms. The Morgan fingerprint density at radius 2 is 1.73 bits per heavy atom. The third kappa shape index (κ3) is 5.31. The molecule has 0 radical (unpaired) electrons. The van der Waals surface area contributed by atoms with Crippen molar-refractivity contribution in [3.63, 3.8) is 0 Å². The molecule has 0 saturated heterocycles. The summed E-state index contributed by atoms with van der Waals surface area (Å²) in [5, 5.41) is 6.31. The van der Waals surface area contributed by atoms with E-state index in [0.717, 1.165) is 12.0 Å². The number of carbonyl (C=O) groups is 1. The van der Waals surface area contributed by atoms with Crippen LogP contribution in [-0.4, -0.2) is 30.2 Å². The maximum atomic E-state index is 14.9. The molecule has 1 aromatic heterocycles. The van der Waals surface area contributed by atoms with E-state index in [4.69, 9.17) is 26.4 Å². The van der Waals surface area contributed by atoms with E-state index < -0.39 is 5.82 Å². The first-order valence-corrected chi connectivity index (χ1v) is 12.0. The van der Waals surface area contributed by atoms with Gasteiger partial charge in [0.05, 0.1) is 19.7 Å². The Balaban J connectivity index is 1.24. The largest absolute Gasteiger partial charge is 0.493 e. The molecule has 7 nitrogen and oxygen atoms in total. The Morgan fingerprint density at radius 1 is 0.973 bits per heavy atom. The minimum Gasteiger partial charge on any atom is -0.493 e. The van der Waals surface area contributed by atoms with Crippen LogP contribution in [0.3, 0.4) is 0 Å². The van der Waals surface area contributed by atoms with Crippen molar-refractivity contribution in [2.75, 3.05) is 19.5 Å². The van der Waals surface area contributed by atoms with Crippen LogP contribution in [0.4, 0.5) is 10.1 Å². The predicted molar refractivity (Wildman–Crippen MR) is 143 cm³/mol. The first-order chi connectivity index (χ1) is 18.0. The quantitative estimate of drug-likeness (QED) is 0.300. The van der Waals surface area contributed by atoms with Crippen LogP contribution in [0.1, 0.15) is 17.9 Å². The number of rotatable bonds is 7. The lowest BCUT2D eigenvalue weighted by molar-refractivity contribution is -0.120. The fourth-order valence-electron chi connectivity index (χ4n) is 4.24. The Hall–Kier alpha value is -4.24. The van der Waals surface area contributed by atoms with Gasteiger partial charge in [-0.3, -0.25) is 9.78 Å². The number of aromatic nitrogens is 1. The number of methoxy groups -OCH3 is 2. The lowest BCUT2D eigenvalue weighted by atomic mass is 10.1. The minimum atomic E-state index is -0.601. The van der Waals surface area contributed by atoms with Gasteiger partial charge in [0.2, 0.25) is 5.91 Å². The molecule has 9 heteroatoms. The highest BCUT2D eigenvalue weighted by Crippen LogP contribution is 2.47. The molecule has 1 fully saturated rings. The van der Waals surface area contributed by atoms with Gasteiger partial charge in [-0.05, 0) is 54.4 Å². The van der Waals surface area contributed by atoms with E-state index in [1.54, 1.807) is 37.6 Å². The number of fused-ring (bicyclic) bond motifs is 1. The summed E-state index contributed by atoms with van der Waals surface area (Å²) in [5.41, 5.74) is 2.13. The van der Waals surface area contributed by atoms with Gasteiger partial charge in [-0.2, -0.15) is 0 Å². The number of anilines is 1. The first kappa shape index (κ1) is 24.5. The number of carbonyl (C=O) groups excluding carboxylic acids is 1. The molecule has 1 heterocycles. The van der Waals surface area contributed by atoms with Gasteiger partial charge in [-0.1, -0.05) is 30.3 Å². The highest BCUT2D eigenvalue weighted by Gasteiger charge is 2.44. The van der Waals surface area contributed by atoms with Gasteiger partial charge in [-0.15, -0.1) is 0 Å². The van der Waals surface area contributed by atoms with Crippen LogP contribution in [-0.2, 0) is 4.79 Å². The summed E-state index contributed by atoms with van der Waals surface area (Å²) >= 11 is 5.27. The molecule has 1 unspecified atom stereocenters. The monoisotopic (exact) mass is 517 g/mol. The van der Waals surface area contributed by atoms with Crippen LogP contribution < -0.4 is 24.8 Å². The maximum absolute atomic E-state index is 14.9. The number of amides is 1.